The maximum atomic E-state index is 11.0. The van der Waals surface area contributed by atoms with Gasteiger partial charge in [-0.05, 0) is 6.42 Å². The largest absolute Gasteiger partial charge is 0.465 e. The van der Waals surface area contributed by atoms with Crippen molar-refractivity contribution in [2.45, 2.75) is 18.7 Å². The molecule has 0 spiro atoms. The second-order valence-electron chi connectivity index (χ2n) is 2.47. The highest BCUT2D eigenvalue weighted by atomic mass is 35.5. The Morgan fingerprint density at radius 2 is 2.14 bits per heavy atom. The molecule has 0 aliphatic heterocycles. The van der Waals surface area contributed by atoms with Crippen molar-refractivity contribution in [1.29, 1.82) is 0 Å². The van der Waals surface area contributed by atoms with Gasteiger partial charge < -0.3 is 9.47 Å². The fourth-order valence-electron chi connectivity index (χ4n) is 0.575. The maximum Gasteiger partial charge on any atom is 0.330 e. The Bertz CT molecular complexity index is 215. The fraction of sp³-hybridized carbons (Fsp3) is 0.556. The average Bonchev–Trinajstić information content (AvgIpc) is 2.21. The first-order valence-corrected chi connectivity index (χ1v) is 4.65. The molecule has 5 heteroatoms. The van der Waals surface area contributed by atoms with Crippen molar-refractivity contribution >= 4 is 23.5 Å². The van der Waals surface area contributed by atoms with Gasteiger partial charge in [-0.15, -0.1) is 11.6 Å². The zero-order chi connectivity index (χ0) is 11.0. The van der Waals surface area contributed by atoms with Gasteiger partial charge in [0, 0.05) is 6.08 Å². The van der Waals surface area contributed by atoms with E-state index < -0.39 is 17.3 Å². The number of alkyl halides is 1. The second kappa shape index (κ2) is 7.38. The van der Waals surface area contributed by atoms with E-state index >= 15 is 0 Å². The third kappa shape index (κ3) is 5.59. The van der Waals surface area contributed by atoms with Crippen LogP contribution < -0.4 is 0 Å². The molecular formula is C9H13ClO4. The van der Waals surface area contributed by atoms with Gasteiger partial charge in [-0.1, -0.05) is 13.5 Å². The molecule has 0 aromatic heterocycles. The van der Waals surface area contributed by atoms with Crippen molar-refractivity contribution < 1.29 is 19.1 Å². The smallest absolute Gasteiger partial charge is 0.330 e. The third-order valence-corrected chi connectivity index (χ3v) is 1.55. The minimum absolute atomic E-state index is 0.199. The molecule has 0 N–H and O–H groups in total. The Balaban J connectivity index is 3.72. The number of carbonyl (C=O) groups excluding carboxylic acids is 2. The summed E-state index contributed by atoms with van der Waals surface area (Å²) >= 11 is 5.58. The van der Waals surface area contributed by atoms with Crippen LogP contribution in [0.4, 0.5) is 0 Å². The van der Waals surface area contributed by atoms with Crippen molar-refractivity contribution in [3.05, 3.63) is 12.7 Å². The van der Waals surface area contributed by atoms with Crippen LogP contribution in [-0.2, 0) is 19.1 Å². The summed E-state index contributed by atoms with van der Waals surface area (Å²) in [4.78, 5) is 21.6. The summed E-state index contributed by atoms with van der Waals surface area (Å²) in [5, 5.41) is -0.953. The standard InChI is InChI=1S/C9H13ClO4/c1-3-5-13-9(12)7(10)6-14-8(11)4-2/h4,7H,2-3,5-6H2,1H3. The third-order valence-electron chi connectivity index (χ3n) is 1.24. The fourth-order valence-corrected chi connectivity index (χ4v) is 0.701. The van der Waals surface area contributed by atoms with Crippen LogP contribution in [0.3, 0.4) is 0 Å². The van der Waals surface area contributed by atoms with E-state index in [-0.39, 0.29) is 6.61 Å². The van der Waals surface area contributed by atoms with Crippen LogP contribution in [0.5, 0.6) is 0 Å². The van der Waals surface area contributed by atoms with E-state index in [0.29, 0.717) is 6.61 Å². The Morgan fingerprint density at radius 3 is 2.64 bits per heavy atom. The van der Waals surface area contributed by atoms with Crippen LogP contribution in [0.2, 0.25) is 0 Å². The second-order valence-corrected chi connectivity index (χ2v) is 3.00. The average molecular weight is 221 g/mol. The van der Waals surface area contributed by atoms with Gasteiger partial charge >= 0.3 is 11.9 Å². The number of carbonyl (C=O) groups is 2. The molecule has 0 saturated carbocycles. The van der Waals surface area contributed by atoms with E-state index in [1.807, 2.05) is 6.92 Å². The highest BCUT2D eigenvalue weighted by Gasteiger charge is 2.18. The Labute approximate surface area is 87.8 Å². The van der Waals surface area contributed by atoms with E-state index in [2.05, 4.69) is 11.3 Å². The molecule has 0 saturated heterocycles. The summed E-state index contributed by atoms with van der Waals surface area (Å²) in [5.41, 5.74) is 0. The first-order valence-electron chi connectivity index (χ1n) is 4.21. The molecule has 1 unspecified atom stereocenters. The zero-order valence-corrected chi connectivity index (χ0v) is 8.75. The van der Waals surface area contributed by atoms with Crippen LogP contribution in [0, 0.1) is 0 Å². The molecule has 0 rings (SSSR count). The quantitative estimate of drug-likeness (QED) is 0.384. The molecular weight excluding hydrogens is 208 g/mol. The first kappa shape index (κ1) is 13.0. The molecule has 0 aromatic carbocycles. The molecule has 1 atom stereocenters. The normalized spacial score (nSPS) is 11.6. The number of ether oxygens (including phenoxy) is 2. The molecule has 0 radical (unpaired) electrons. The summed E-state index contributed by atoms with van der Waals surface area (Å²) in [7, 11) is 0. The van der Waals surface area contributed by atoms with Crippen molar-refractivity contribution in [1.82, 2.24) is 0 Å². The highest BCUT2D eigenvalue weighted by molar-refractivity contribution is 6.30. The molecule has 4 nitrogen and oxygen atoms in total. The minimum atomic E-state index is -0.953. The van der Waals surface area contributed by atoms with E-state index in [1.54, 1.807) is 0 Å². The van der Waals surface area contributed by atoms with Gasteiger partial charge in [0.15, 0.2) is 5.38 Å². The molecule has 0 amide bonds. The maximum absolute atomic E-state index is 11.0. The summed E-state index contributed by atoms with van der Waals surface area (Å²) in [6.45, 7) is 5.19. The van der Waals surface area contributed by atoms with Gasteiger partial charge in [0.05, 0.1) is 6.61 Å². The van der Waals surface area contributed by atoms with E-state index in [1.165, 1.54) is 0 Å². The zero-order valence-electron chi connectivity index (χ0n) is 7.99. The van der Waals surface area contributed by atoms with Crippen LogP contribution in [0.25, 0.3) is 0 Å². The number of hydrogen-bond donors (Lipinski definition) is 0. The first-order chi connectivity index (χ1) is 6.61. The number of hydrogen-bond acceptors (Lipinski definition) is 4. The van der Waals surface area contributed by atoms with Gasteiger partial charge in [-0.2, -0.15) is 0 Å². The van der Waals surface area contributed by atoms with E-state index in [0.717, 1.165) is 12.5 Å². The van der Waals surface area contributed by atoms with Crippen molar-refractivity contribution in [2.75, 3.05) is 13.2 Å². The highest BCUT2D eigenvalue weighted by Crippen LogP contribution is 2.01. The summed E-state index contributed by atoms with van der Waals surface area (Å²) in [6, 6.07) is 0. The Morgan fingerprint density at radius 1 is 1.50 bits per heavy atom. The summed E-state index contributed by atoms with van der Waals surface area (Å²) < 4.78 is 9.30. The van der Waals surface area contributed by atoms with Crippen molar-refractivity contribution in [3.8, 4) is 0 Å². The SMILES string of the molecule is C=CC(=O)OCC(Cl)C(=O)OCCC. The topological polar surface area (TPSA) is 52.6 Å². The number of esters is 2. The van der Waals surface area contributed by atoms with Gasteiger partial charge in [0.25, 0.3) is 0 Å². The van der Waals surface area contributed by atoms with Crippen LogP contribution in [0.15, 0.2) is 12.7 Å². The Hall–Kier alpha value is -1.03. The van der Waals surface area contributed by atoms with Gasteiger partial charge in [0.2, 0.25) is 0 Å². The lowest BCUT2D eigenvalue weighted by Crippen LogP contribution is -2.24. The predicted molar refractivity (Wildman–Crippen MR) is 52.0 cm³/mol. The van der Waals surface area contributed by atoms with Gasteiger partial charge in [-0.3, -0.25) is 4.79 Å². The predicted octanol–water partition coefficient (Wildman–Crippen LogP) is 1.28. The number of rotatable bonds is 6. The molecule has 14 heavy (non-hydrogen) atoms. The summed E-state index contributed by atoms with van der Waals surface area (Å²) in [5.74, 6) is -1.19. The number of halogens is 1. The molecule has 80 valence electrons. The lowest BCUT2D eigenvalue weighted by atomic mass is 10.4. The molecule has 0 aliphatic rings. The van der Waals surface area contributed by atoms with Crippen LogP contribution >= 0.6 is 11.6 Å². The lowest BCUT2D eigenvalue weighted by Gasteiger charge is -2.08. The Kier molecular flexibility index (Phi) is 6.84. The summed E-state index contributed by atoms with van der Waals surface area (Å²) in [6.07, 6.45) is 1.72. The molecule has 0 aromatic rings. The molecule has 0 aliphatic carbocycles. The minimum Gasteiger partial charge on any atom is -0.465 e. The van der Waals surface area contributed by atoms with Crippen molar-refractivity contribution in [2.24, 2.45) is 0 Å². The monoisotopic (exact) mass is 220 g/mol. The van der Waals surface area contributed by atoms with Gasteiger partial charge in [0.1, 0.15) is 6.61 Å². The van der Waals surface area contributed by atoms with E-state index in [4.69, 9.17) is 16.3 Å². The van der Waals surface area contributed by atoms with Crippen molar-refractivity contribution in [3.63, 3.8) is 0 Å². The van der Waals surface area contributed by atoms with Gasteiger partial charge in [-0.25, -0.2) is 4.79 Å². The van der Waals surface area contributed by atoms with Crippen LogP contribution in [-0.4, -0.2) is 30.5 Å². The molecule has 0 bridgehead atoms. The van der Waals surface area contributed by atoms with Crippen LogP contribution in [0.1, 0.15) is 13.3 Å². The lowest BCUT2D eigenvalue weighted by molar-refractivity contribution is -0.146. The molecule has 0 heterocycles. The molecule has 0 fully saturated rings. The van der Waals surface area contributed by atoms with E-state index in [9.17, 15) is 9.59 Å².